The summed E-state index contributed by atoms with van der Waals surface area (Å²) in [7, 11) is 0. The number of ether oxygens (including phenoxy) is 3. The van der Waals surface area contributed by atoms with E-state index in [1.165, 1.54) is 4.90 Å². The Balaban J connectivity index is 1.33. The number of carboxylic acid groups (broad SMARTS) is 1. The van der Waals surface area contributed by atoms with Crippen LogP contribution in [-0.2, 0) is 22.7 Å². The highest BCUT2D eigenvalue weighted by Crippen LogP contribution is 2.49. The second kappa shape index (κ2) is 12.1. The van der Waals surface area contributed by atoms with Gasteiger partial charge in [-0.3, -0.25) is 10.3 Å². The molecule has 2 atom stereocenters. The Labute approximate surface area is 299 Å². The molecule has 1 aromatic carbocycles. The number of fused-ring (bicyclic) bond motifs is 6. The van der Waals surface area contributed by atoms with Crippen molar-refractivity contribution < 1.29 is 37.7 Å². The number of anilines is 2. The number of piperazine rings is 1. The van der Waals surface area contributed by atoms with Crippen LogP contribution in [0, 0.1) is 39.7 Å². The number of rotatable bonds is 6. The van der Waals surface area contributed by atoms with E-state index in [2.05, 4.69) is 21.4 Å². The molecule has 3 aliphatic heterocycles. The Morgan fingerprint density at radius 3 is 2.48 bits per heavy atom. The Kier molecular flexibility index (Phi) is 7.85. The topological polar surface area (TPSA) is 187 Å². The predicted octanol–water partition coefficient (Wildman–Crippen LogP) is 6.45. The van der Waals surface area contributed by atoms with Crippen LogP contribution in [0.15, 0.2) is 6.20 Å². The molecule has 1 saturated carbocycles. The number of nitrogens with zero attached hydrogens (tertiary/aromatic N) is 7. The lowest BCUT2D eigenvalue weighted by atomic mass is 9.93. The summed E-state index contributed by atoms with van der Waals surface area (Å²) in [6.45, 7) is 5.52. The van der Waals surface area contributed by atoms with Crippen LogP contribution in [-0.4, -0.2) is 74.5 Å². The standard InChI is InChI=1S/C35H32F2N8O6S/c1-34(2,3)51-32(46)43-30-18(8-38)23-26(40-9-21(36)28(23)52-30)22-19-12-49-13-20(19)24-27(25(22)37)41-31(50-15-35(14-39)6-7-35)42-29(24)45-16-4-5-17(45)11-44(10-16)33(47)48/h9,16-17H,4-7,10-13,15H2,1-3H3,(H,43,46)(H,47,48). The molecule has 2 N–H and O–H groups in total. The Hall–Kier alpha value is -5.39. The van der Waals surface area contributed by atoms with E-state index < -0.39 is 34.8 Å². The van der Waals surface area contributed by atoms with Gasteiger partial charge in [0.2, 0.25) is 0 Å². The minimum atomic E-state index is -1.02. The van der Waals surface area contributed by atoms with Crippen LogP contribution in [0.5, 0.6) is 6.01 Å². The number of likely N-dealkylation sites (tertiary alicyclic amines) is 1. The van der Waals surface area contributed by atoms with E-state index in [4.69, 9.17) is 19.2 Å². The molecule has 6 heterocycles. The normalized spacial score (nSPS) is 20.1. The SMILES string of the molecule is CC(C)(C)OC(=O)Nc1sc2c(F)cnc(-c3c4c(c5c(N6C7CCC6CN(C(=O)O)C7)nc(OCC6(C#N)CC6)nc5c3F)COC4)c2c1C#N. The van der Waals surface area contributed by atoms with Crippen LogP contribution in [0.3, 0.4) is 0 Å². The lowest BCUT2D eigenvalue weighted by Gasteiger charge is -2.41. The van der Waals surface area contributed by atoms with E-state index in [0.29, 0.717) is 48.0 Å². The lowest BCUT2D eigenvalue weighted by Crippen LogP contribution is -2.55. The molecule has 4 aliphatic rings. The number of hydrogen-bond donors (Lipinski definition) is 2. The summed E-state index contributed by atoms with van der Waals surface area (Å²) in [5.74, 6) is -1.22. The van der Waals surface area contributed by atoms with Gasteiger partial charge in [-0.15, -0.1) is 11.3 Å². The molecular formula is C35H32F2N8O6S. The average molecular weight is 731 g/mol. The van der Waals surface area contributed by atoms with Crippen LogP contribution in [0.1, 0.15) is 63.1 Å². The molecule has 17 heteroatoms. The molecule has 4 aromatic rings. The van der Waals surface area contributed by atoms with Crippen molar-refractivity contribution >= 4 is 55.3 Å². The summed E-state index contributed by atoms with van der Waals surface area (Å²) < 4.78 is 50.1. The van der Waals surface area contributed by atoms with Gasteiger partial charge in [0, 0.05) is 36.1 Å². The summed E-state index contributed by atoms with van der Waals surface area (Å²) >= 11 is 0.804. The number of aromatic nitrogens is 3. The molecule has 0 spiro atoms. The second-order valence-corrected chi connectivity index (χ2v) is 15.6. The fourth-order valence-corrected chi connectivity index (χ4v) is 8.43. The quantitative estimate of drug-likeness (QED) is 0.221. The lowest BCUT2D eigenvalue weighted by molar-refractivity contribution is 0.0636. The van der Waals surface area contributed by atoms with Gasteiger partial charge < -0.3 is 29.1 Å². The number of nitrogens with one attached hydrogen (secondary N) is 1. The first-order valence-corrected chi connectivity index (χ1v) is 17.6. The number of carbonyl (C=O) groups excluding carboxylic acids is 1. The first-order chi connectivity index (χ1) is 24.8. The highest BCUT2D eigenvalue weighted by atomic mass is 32.1. The molecule has 3 aromatic heterocycles. The number of nitriles is 2. The zero-order valence-electron chi connectivity index (χ0n) is 28.4. The monoisotopic (exact) mass is 730 g/mol. The maximum absolute atomic E-state index is 17.5. The van der Waals surface area contributed by atoms with E-state index in [0.717, 1.165) is 17.5 Å². The van der Waals surface area contributed by atoms with Crippen molar-refractivity contribution in [1.29, 1.82) is 10.5 Å². The van der Waals surface area contributed by atoms with Gasteiger partial charge in [-0.05, 0) is 57.6 Å². The molecule has 3 fully saturated rings. The molecule has 52 heavy (non-hydrogen) atoms. The maximum atomic E-state index is 17.5. The fourth-order valence-electron chi connectivity index (χ4n) is 7.39. The van der Waals surface area contributed by atoms with Crippen molar-refractivity contribution in [2.24, 2.45) is 5.41 Å². The largest absolute Gasteiger partial charge is 0.465 e. The minimum absolute atomic E-state index is 0.00388. The van der Waals surface area contributed by atoms with Crippen LogP contribution in [0.2, 0.25) is 0 Å². The van der Waals surface area contributed by atoms with Gasteiger partial charge in [-0.2, -0.15) is 20.5 Å². The van der Waals surface area contributed by atoms with Gasteiger partial charge in [0.15, 0.2) is 11.6 Å². The molecule has 2 bridgehead atoms. The Bertz CT molecular complexity index is 2280. The number of halogens is 2. The smallest absolute Gasteiger partial charge is 0.412 e. The van der Waals surface area contributed by atoms with Gasteiger partial charge in [0.1, 0.15) is 34.6 Å². The molecular weight excluding hydrogens is 698 g/mol. The molecule has 8 rings (SSSR count). The third kappa shape index (κ3) is 5.55. The average Bonchev–Trinajstić information content (AvgIpc) is 3.41. The van der Waals surface area contributed by atoms with Gasteiger partial charge >= 0.3 is 18.2 Å². The Morgan fingerprint density at radius 1 is 1.13 bits per heavy atom. The minimum Gasteiger partial charge on any atom is -0.465 e. The Morgan fingerprint density at radius 2 is 1.85 bits per heavy atom. The summed E-state index contributed by atoms with van der Waals surface area (Å²) in [4.78, 5) is 41.7. The summed E-state index contributed by atoms with van der Waals surface area (Å²) in [6, 6.07) is 3.67. The molecule has 0 radical (unpaired) electrons. The number of thiophene rings is 1. The maximum Gasteiger partial charge on any atom is 0.412 e. The first kappa shape index (κ1) is 33.7. The third-order valence-electron chi connectivity index (χ3n) is 9.96. The van der Waals surface area contributed by atoms with E-state index in [1.54, 1.807) is 20.8 Å². The van der Waals surface area contributed by atoms with Crippen LogP contribution >= 0.6 is 11.3 Å². The highest BCUT2D eigenvalue weighted by molar-refractivity contribution is 7.23. The van der Waals surface area contributed by atoms with E-state index >= 15 is 8.78 Å². The van der Waals surface area contributed by atoms with Crippen LogP contribution in [0.25, 0.3) is 32.2 Å². The first-order valence-electron chi connectivity index (χ1n) is 16.8. The fraction of sp³-hybridized carbons (Fsp3) is 0.457. The predicted molar refractivity (Wildman–Crippen MR) is 183 cm³/mol. The second-order valence-electron chi connectivity index (χ2n) is 14.6. The van der Waals surface area contributed by atoms with Gasteiger partial charge in [-0.1, -0.05) is 0 Å². The van der Waals surface area contributed by atoms with Crippen molar-refractivity contribution in [3.63, 3.8) is 0 Å². The highest BCUT2D eigenvalue weighted by Gasteiger charge is 2.46. The van der Waals surface area contributed by atoms with Crippen LogP contribution < -0.4 is 15.0 Å². The molecule has 268 valence electrons. The van der Waals surface area contributed by atoms with E-state index in [9.17, 15) is 25.2 Å². The number of carbonyl (C=O) groups is 2. The van der Waals surface area contributed by atoms with E-state index in [-0.39, 0.29) is 88.4 Å². The summed E-state index contributed by atoms with van der Waals surface area (Å²) in [5, 5.41) is 32.7. The van der Waals surface area contributed by atoms with Gasteiger partial charge in [0.25, 0.3) is 0 Å². The molecule has 2 saturated heterocycles. The van der Waals surface area contributed by atoms with Crippen molar-refractivity contribution in [3.8, 4) is 29.4 Å². The zero-order chi connectivity index (χ0) is 36.7. The van der Waals surface area contributed by atoms with Crippen molar-refractivity contribution in [3.05, 3.63) is 34.5 Å². The van der Waals surface area contributed by atoms with Gasteiger partial charge in [0.05, 0.1) is 52.2 Å². The van der Waals surface area contributed by atoms with Crippen LogP contribution in [0.4, 0.5) is 29.2 Å². The van der Waals surface area contributed by atoms with Crippen molar-refractivity contribution in [2.75, 3.05) is 29.9 Å². The van der Waals surface area contributed by atoms with Gasteiger partial charge in [-0.25, -0.2) is 18.4 Å². The molecule has 2 amide bonds. The summed E-state index contributed by atoms with van der Waals surface area (Å²) in [6.07, 6.45) is 1.75. The molecule has 2 unspecified atom stereocenters. The summed E-state index contributed by atoms with van der Waals surface area (Å²) in [5.41, 5.74) is -0.868. The van der Waals surface area contributed by atoms with Crippen molar-refractivity contribution in [1.82, 2.24) is 19.9 Å². The molecule has 1 aliphatic carbocycles. The third-order valence-corrected chi connectivity index (χ3v) is 11.1. The molecule has 14 nitrogen and oxygen atoms in total. The zero-order valence-corrected chi connectivity index (χ0v) is 29.2. The number of pyridine rings is 1. The number of amides is 2. The van der Waals surface area contributed by atoms with Crippen molar-refractivity contribution in [2.45, 2.75) is 77.4 Å². The number of benzene rings is 1. The number of hydrogen-bond acceptors (Lipinski definition) is 12. The van der Waals surface area contributed by atoms with E-state index in [1.807, 2.05) is 11.0 Å².